The smallest absolute Gasteiger partial charge is 0.230 e. The summed E-state index contributed by atoms with van der Waals surface area (Å²) in [5, 5.41) is 11.9. The summed E-state index contributed by atoms with van der Waals surface area (Å²) in [6.07, 6.45) is 2.58. The molecule has 0 unspecified atom stereocenters. The summed E-state index contributed by atoms with van der Waals surface area (Å²) in [5.74, 6) is 2.44. The molecule has 0 saturated heterocycles. The second-order valence-corrected chi connectivity index (χ2v) is 6.38. The Bertz CT molecular complexity index is 739. The number of nitrogens with one attached hydrogen (secondary N) is 1. The summed E-state index contributed by atoms with van der Waals surface area (Å²) in [4.78, 5) is 12.2. The van der Waals surface area contributed by atoms with E-state index in [2.05, 4.69) is 22.1 Å². The number of hydrogen-bond acceptors (Lipinski definition) is 6. The van der Waals surface area contributed by atoms with Crippen LogP contribution in [0.3, 0.4) is 0 Å². The first-order chi connectivity index (χ1) is 12.6. The number of nitrogens with zero attached hydrogens (tertiary/aromatic N) is 3. The maximum atomic E-state index is 12.2. The standard InChI is InChI=1S/C18H24N4O3S/c1-5-7-22-16(6-2)20-21-18(22)26-12-17(23)19-11-13-8-14(24-3)10-15(9-13)25-4/h5,8-10H,1,6-7,11-12H2,2-4H3,(H,19,23). The average molecular weight is 376 g/mol. The van der Waals surface area contributed by atoms with Crippen LogP contribution >= 0.6 is 11.8 Å². The highest BCUT2D eigenvalue weighted by atomic mass is 32.2. The van der Waals surface area contributed by atoms with Crippen LogP contribution < -0.4 is 14.8 Å². The van der Waals surface area contributed by atoms with Crippen molar-refractivity contribution in [2.45, 2.75) is 31.6 Å². The van der Waals surface area contributed by atoms with Crippen molar-refractivity contribution in [3.63, 3.8) is 0 Å². The third-order valence-corrected chi connectivity index (χ3v) is 4.62. The number of hydrogen-bond donors (Lipinski definition) is 1. The molecule has 0 bridgehead atoms. The number of amides is 1. The third kappa shape index (κ3) is 5.26. The number of aryl methyl sites for hydroxylation is 1. The fourth-order valence-electron chi connectivity index (χ4n) is 2.35. The van der Waals surface area contributed by atoms with Crippen molar-refractivity contribution in [3.8, 4) is 11.5 Å². The lowest BCUT2D eigenvalue weighted by Gasteiger charge is -2.10. The zero-order valence-corrected chi connectivity index (χ0v) is 16.1. The molecule has 8 heteroatoms. The summed E-state index contributed by atoms with van der Waals surface area (Å²) in [7, 11) is 3.19. The van der Waals surface area contributed by atoms with E-state index in [0.29, 0.717) is 24.6 Å². The molecule has 0 saturated carbocycles. The lowest BCUT2D eigenvalue weighted by atomic mass is 10.2. The number of aromatic nitrogens is 3. The Balaban J connectivity index is 1.92. The van der Waals surface area contributed by atoms with Gasteiger partial charge in [-0.3, -0.25) is 4.79 Å². The number of ether oxygens (including phenoxy) is 2. The van der Waals surface area contributed by atoms with Gasteiger partial charge in [0, 0.05) is 25.6 Å². The molecule has 1 heterocycles. The van der Waals surface area contributed by atoms with Gasteiger partial charge in [0.05, 0.1) is 20.0 Å². The minimum Gasteiger partial charge on any atom is -0.497 e. The van der Waals surface area contributed by atoms with E-state index in [1.54, 1.807) is 26.4 Å². The maximum absolute atomic E-state index is 12.2. The molecule has 0 radical (unpaired) electrons. The van der Waals surface area contributed by atoms with E-state index in [4.69, 9.17) is 9.47 Å². The van der Waals surface area contributed by atoms with Crippen molar-refractivity contribution in [2.24, 2.45) is 0 Å². The number of thioether (sulfide) groups is 1. The molecule has 0 aliphatic heterocycles. The molecular formula is C18H24N4O3S. The zero-order valence-electron chi connectivity index (χ0n) is 15.3. The van der Waals surface area contributed by atoms with E-state index >= 15 is 0 Å². The Kier molecular flexibility index (Phi) is 7.53. The molecule has 0 atom stereocenters. The molecule has 1 N–H and O–H groups in total. The number of benzene rings is 1. The van der Waals surface area contributed by atoms with E-state index in [0.717, 1.165) is 23.0 Å². The molecule has 0 spiro atoms. The molecule has 1 aromatic carbocycles. The molecule has 2 rings (SSSR count). The van der Waals surface area contributed by atoms with Gasteiger partial charge in [0.2, 0.25) is 5.91 Å². The predicted molar refractivity (Wildman–Crippen MR) is 102 cm³/mol. The first-order valence-corrected chi connectivity index (χ1v) is 9.24. The molecule has 2 aromatic rings. The Hall–Kier alpha value is -2.48. The normalized spacial score (nSPS) is 10.4. The van der Waals surface area contributed by atoms with E-state index in [1.165, 1.54) is 11.8 Å². The SMILES string of the molecule is C=CCn1c(CC)nnc1SCC(=O)NCc1cc(OC)cc(OC)c1. The Labute approximate surface area is 157 Å². The average Bonchev–Trinajstić information content (AvgIpc) is 3.06. The van der Waals surface area contributed by atoms with Gasteiger partial charge in [-0.1, -0.05) is 24.8 Å². The van der Waals surface area contributed by atoms with Gasteiger partial charge in [0.1, 0.15) is 17.3 Å². The van der Waals surface area contributed by atoms with Gasteiger partial charge in [0.25, 0.3) is 0 Å². The highest BCUT2D eigenvalue weighted by Gasteiger charge is 2.12. The van der Waals surface area contributed by atoms with E-state index in [1.807, 2.05) is 23.6 Å². The van der Waals surface area contributed by atoms with Crippen LogP contribution in [0.2, 0.25) is 0 Å². The third-order valence-electron chi connectivity index (χ3n) is 3.65. The number of methoxy groups -OCH3 is 2. The maximum Gasteiger partial charge on any atom is 0.230 e. The van der Waals surface area contributed by atoms with Gasteiger partial charge in [0.15, 0.2) is 5.16 Å². The lowest BCUT2D eigenvalue weighted by molar-refractivity contribution is -0.118. The van der Waals surface area contributed by atoms with Crippen molar-refractivity contribution in [1.29, 1.82) is 0 Å². The van der Waals surface area contributed by atoms with E-state index < -0.39 is 0 Å². The van der Waals surface area contributed by atoms with Crippen LogP contribution in [-0.2, 0) is 24.3 Å². The topological polar surface area (TPSA) is 78.3 Å². The van der Waals surface area contributed by atoms with Gasteiger partial charge in [-0.15, -0.1) is 16.8 Å². The van der Waals surface area contributed by atoms with Gasteiger partial charge in [-0.25, -0.2) is 0 Å². The number of rotatable bonds is 10. The Morgan fingerprint density at radius 3 is 2.54 bits per heavy atom. The number of allylic oxidation sites excluding steroid dienone is 1. The quantitative estimate of drug-likeness (QED) is 0.507. The minimum absolute atomic E-state index is 0.0806. The van der Waals surface area contributed by atoms with Crippen molar-refractivity contribution in [2.75, 3.05) is 20.0 Å². The Morgan fingerprint density at radius 2 is 1.96 bits per heavy atom. The summed E-state index contributed by atoms with van der Waals surface area (Å²) < 4.78 is 12.4. The summed E-state index contributed by atoms with van der Waals surface area (Å²) >= 11 is 1.36. The first kappa shape index (κ1) is 19.8. The van der Waals surface area contributed by atoms with E-state index in [9.17, 15) is 4.79 Å². The first-order valence-electron chi connectivity index (χ1n) is 8.25. The van der Waals surface area contributed by atoms with Crippen LogP contribution in [0.5, 0.6) is 11.5 Å². The molecule has 0 aliphatic rings. The number of carbonyl (C=O) groups excluding carboxylic acids is 1. The van der Waals surface area contributed by atoms with Crippen molar-refractivity contribution in [3.05, 3.63) is 42.2 Å². The molecule has 7 nitrogen and oxygen atoms in total. The molecule has 0 aliphatic carbocycles. The van der Waals surface area contributed by atoms with Crippen LogP contribution in [0.25, 0.3) is 0 Å². The second-order valence-electron chi connectivity index (χ2n) is 5.44. The summed E-state index contributed by atoms with van der Waals surface area (Å²) in [6.45, 7) is 6.80. The van der Waals surface area contributed by atoms with Gasteiger partial charge in [-0.2, -0.15) is 0 Å². The molecule has 1 amide bonds. The minimum atomic E-state index is -0.0806. The fraction of sp³-hybridized carbons (Fsp3) is 0.389. The van der Waals surface area contributed by atoms with Crippen molar-refractivity contribution in [1.82, 2.24) is 20.1 Å². The lowest BCUT2D eigenvalue weighted by Crippen LogP contribution is -2.24. The molecule has 26 heavy (non-hydrogen) atoms. The van der Waals surface area contributed by atoms with Crippen LogP contribution in [-0.4, -0.2) is 40.6 Å². The largest absolute Gasteiger partial charge is 0.497 e. The fourth-order valence-corrected chi connectivity index (χ4v) is 3.15. The molecule has 1 aromatic heterocycles. The molecule has 140 valence electrons. The number of carbonyl (C=O) groups is 1. The molecule has 0 fully saturated rings. The van der Waals surface area contributed by atoms with Crippen LogP contribution in [0.1, 0.15) is 18.3 Å². The predicted octanol–water partition coefficient (Wildman–Crippen LogP) is 2.45. The van der Waals surface area contributed by atoms with Crippen LogP contribution in [0, 0.1) is 0 Å². The summed E-state index contributed by atoms with van der Waals surface area (Å²) in [6, 6.07) is 5.52. The second kappa shape index (κ2) is 9.86. The van der Waals surface area contributed by atoms with Crippen LogP contribution in [0.4, 0.5) is 0 Å². The Morgan fingerprint density at radius 1 is 1.27 bits per heavy atom. The van der Waals surface area contributed by atoms with Gasteiger partial charge < -0.3 is 19.4 Å². The van der Waals surface area contributed by atoms with Crippen molar-refractivity contribution >= 4 is 17.7 Å². The molecular weight excluding hydrogens is 352 g/mol. The zero-order chi connectivity index (χ0) is 18.9. The van der Waals surface area contributed by atoms with E-state index in [-0.39, 0.29) is 11.7 Å². The van der Waals surface area contributed by atoms with Crippen molar-refractivity contribution < 1.29 is 14.3 Å². The highest BCUT2D eigenvalue weighted by Crippen LogP contribution is 2.22. The van der Waals surface area contributed by atoms with Gasteiger partial charge >= 0.3 is 0 Å². The van der Waals surface area contributed by atoms with Gasteiger partial charge in [-0.05, 0) is 17.7 Å². The summed E-state index contributed by atoms with van der Waals surface area (Å²) in [5.41, 5.74) is 0.905. The monoisotopic (exact) mass is 376 g/mol. The highest BCUT2D eigenvalue weighted by molar-refractivity contribution is 7.99. The van der Waals surface area contributed by atoms with Crippen LogP contribution in [0.15, 0.2) is 36.0 Å².